The van der Waals surface area contributed by atoms with Gasteiger partial charge in [-0.05, 0) is 32.8 Å². The minimum Gasteiger partial charge on any atom is -0.370 e. The Labute approximate surface area is 113 Å². The fourth-order valence-electron chi connectivity index (χ4n) is 2.62. The molecule has 5 heteroatoms. The highest BCUT2D eigenvalue weighted by molar-refractivity contribution is 5.78. The molecular weight excluding hydrogens is 240 g/mol. The van der Waals surface area contributed by atoms with Crippen LogP contribution >= 0.6 is 0 Å². The van der Waals surface area contributed by atoms with Crippen LogP contribution < -0.4 is 10.6 Å². The van der Waals surface area contributed by atoms with E-state index in [2.05, 4.69) is 16.0 Å². The molecule has 1 amide bonds. The van der Waals surface area contributed by atoms with Gasteiger partial charge in [-0.2, -0.15) is 5.26 Å². The van der Waals surface area contributed by atoms with Crippen LogP contribution in [0.1, 0.15) is 29.8 Å². The lowest BCUT2D eigenvalue weighted by Crippen LogP contribution is -2.41. The highest BCUT2D eigenvalue weighted by atomic mass is 16.1. The number of piperidine rings is 1. The van der Waals surface area contributed by atoms with Gasteiger partial charge in [-0.15, -0.1) is 0 Å². The van der Waals surface area contributed by atoms with E-state index in [1.807, 2.05) is 19.9 Å². The molecular formula is C14H18N4O. The summed E-state index contributed by atoms with van der Waals surface area (Å²) in [5, 5.41) is 9.29. The summed E-state index contributed by atoms with van der Waals surface area (Å²) in [5.74, 6) is -0.389. The van der Waals surface area contributed by atoms with Crippen LogP contribution in [0.3, 0.4) is 0 Å². The Morgan fingerprint density at radius 1 is 1.58 bits per heavy atom. The van der Waals surface area contributed by atoms with Gasteiger partial charge in [0.25, 0.3) is 0 Å². The van der Waals surface area contributed by atoms with Gasteiger partial charge < -0.3 is 10.6 Å². The van der Waals surface area contributed by atoms with Crippen LogP contribution in [0.5, 0.6) is 0 Å². The van der Waals surface area contributed by atoms with Crippen molar-refractivity contribution in [1.82, 2.24) is 4.98 Å². The molecule has 2 rings (SSSR count). The molecule has 0 aromatic carbocycles. The van der Waals surface area contributed by atoms with Crippen molar-refractivity contribution in [2.24, 2.45) is 11.7 Å². The molecule has 1 atom stereocenters. The number of anilines is 1. The number of primary amides is 1. The second-order valence-corrected chi connectivity index (χ2v) is 5.04. The lowest BCUT2D eigenvalue weighted by Gasteiger charge is -2.33. The van der Waals surface area contributed by atoms with E-state index < -0.39 is 0 Å². The predicted octanol–water partition coefficient (Wildman–Crippen LogP) is 1.27. The molecule has 0 radical (unpaired) electrons. The average molecular weight is 258 g/mol. The predicted molar refractivity (Wildman–Crippen MR) is 72.6 cm³/mol. The van der Waals surface area contributed by atoms with Gasteiger partial charge in [0.2, 0.25) is 5.91 Å². The Balaban J connectivity index is 2.36. The lowest BCUT2D eigenvalue weighted by molar-refractivity contribution is -0.122. The van der Waals surface area contributed by atoms with Gasteiger partial charge in [0, 0.05) is 18.8 Å². The maximum atomic E-state index is 11.3. The molecule has 100 valence electrons. The van der Waals surface area contributed by atoms with Gasteiger partial charge in [0.15, 0.2) is 0 Å². The molecule has 0 saturated carbocycles. The van der Waals surface area contributed by atoms with E-state index in [1.54, 1.807) is 0 Å². The highest BCUT2D eigenvalue weighted by Crippen LogP contribution is 2.28. The summed E-state index contributed by atoms with van der Waals surface area (Å²) < 4.78 is 0. The van der Waals surface area contributed by atoms with Gasteiger partial charge in [-0.3, -0.25) is 9.78 Å². The third-order valence-electron chi connectivity index (χ3n) is 3.58. The third-order valence-corrected chi connectivity index (χ3v) is 3.58. The van der Waals surface area contributed by atoms with E-state index in [1.165, 1.54) is 0 Å². The third kappa shape index (κ3) is 2.68. The molecule has 1 saturated heterocycles. The normalized spacial score (nSPS) is 19.0. The Hall–Kier alpha value is -2.09. The van der Waals surface area contributed by atoms with Crippen molar-refractivity contribution < 1.29 is 4.79 Å². The standard InChI is InChI=1S/C14H18N4O/c1-9-6-13(12(7-15)10(2)17-9)18-5-3-4-11(8-18)14(16)19/h6,11H,3-5,8H2,1-2H3,(H2,16,19). The molecule has 1 aliphatic rings. The van der Waals surface area contributed by atoms with E-state index in [-0.39, 0.29) is 11.8 Å². The first-order chi connectivity index (χ1) is 9.02. The minimum atomic E-state index is -0.259. The molecule has 1 aromatic rings. The number of hydrogen-bond donors (Lipinski definition) is 1. The van der Waals surface area contributed by atoms with Crippen LogP contribution in [0.2, 0.25) is 0 Å². The van der Waals surface area contributed by atoms with Gasteiger partial charge in [-0.25, -0.2) is 0 Å². The van der Waals surface area contributed by atoms with E-state index in [4.69, 9.17) is 5.73 Å². The first-order valence-corrected chi connectivity index (χ1v) is 6.45. The van der Waals surface area contributed by atoms with Crippen molar-refractivity contribution >= 4 is 11.6 Å². The highest BCUT2D eigenvalue weighted by Gasteiger charge is 2.26. The van der Waals surface area contributed by atoms with Crippen LogP contribution in [-0.2, 0) is 4.79 Å². The van der Waals surface area contributed by atoms with E-state index in [0.717, 1.165) is 36.5 Å². The summed E-state index contributed by atoms with van der Waals surface area (Å²) in [6.45, 7) is 5.19. The number of pyridine rings is 1. The van der Waals surface area contributed by atoms with Crippen LogP contribution in [0, 0.1) is 31.1 Å². The molecule has 2 heterocycles. The largest absolute Gasteiger partial charge is 0.370 e. The van der Waals surface area contributed by atoms with Gasteiger partial charge in [0.1, 0.15) is 6.07 Å². The summed E-state index contributed by atoms with van der Waals surface area (Å²) in [6.07, 6.45) is 1.75. The summed E-state index contributed by atoms with van der Waals surface area (Å²) in [5.41, 5.74) is 8.48. The smallest absolute Gasteiger partial charge is 0.222 e. The first-order valence-electron chi connectivity index (χ1n) is 6.45. The Morgan fingerprint density at radius 2 is 2.32 bits per heavy atom. The van der Waals surface area contributed by atoms with Crippen LogP contribution in [0.25, 0.3) is 0 Å². The zero-order valence-electron chi connectivity index (χ0n) is 11.3. The lowest BCUT2D eigenvalue weighted by atomic mass is 9.96. The Bertz CT molecular complexity index is 547. The first kappa shape index (κ1) is 13.3. The number of amides is 1. The molecule has 1 aliphatic heterocycles. The Kier molecular flexibility index (Phi) is 3.70. The topological polar surface area (TPSA) is 83.0 Å². The zero-order chi connectivity index (χ0) is 14.0. The second-order valence-electron chi connectivity index (χ2n) is 5.04. The molecule has 1 unspecified atom stereocenters. The van der Waals surface area contributed by atoms with Crippen LogP contribution in [0.15, 0.2) is 6.07 Å². The molecule has 1 fully saturated rings. The maximum absolute atomic E-state index is 11.3. The summed E-state index contributed by atoms with van der Waals surface area (Å²) in [6, 6.07) is 4.12. The molecule has 5 nitrogen and oxygen atoms in total. The van der Waals surface area contributed by atoms with Crippen molar-refractivity contribution in [3.8, 4) is 6.07 Å². The van der Waals surface area contributed by atoms with Gasteiger partial charge >= 0.3 is 0 Å². The van der Waals surface area contributed by atoms with Crippen molar-refractivity contribution in [1.29, 1.82) is 5.26 Å². The van der Waals surface area contributed by atoms with E-state index in [0.29, 0.717) is 12.1 Å². The number of rotatable bonds is 2. The van der Waals surface area contributed by atoms with E-state index >= 15 is 0 Å². The quantitative estimate of drug-likeness (QED) is 0.866. The molecule has 0 aliphatic carbocycles. The summed E-state index contributed by atoms with van der Waals surface area (Å²) in [7, 11) is 0. The number of carbonyl (C=O) groups excluding carboxylic acids is 1. The fourth-order valence-corrected chi connectivity index (χ4v) is 2.62. The fraction of sp³-hybridized carbons (Fsp3) is 0.500. The number of nitriles is 1. The zero-order valence-corrected chi connectivity index (χ0v) is 11.3. The monoisotopic (exact) mass is 258 g/mol. The number of nitrogens with zero attached hydrogens (tertiary/aromatic N) is 3. The molecule has 0 bridgehead atoms. The van der Waals surface area contributed by atoms with Crippen molar-refractivity contribution in [3.05, 3.63) is 23.0 Å². The summed E-state index contributed by atoms with van der Waals surface area (Å²) >= 11 is 0. The van der Waals surface area contributed by atoms with Crippen molar-refractivity contribution in [2.75, 3.05) is 18.0 Å². The SMILES string of the molecule is Cc1cc(N2CCCC(C(N)=O)C2)c(C#N)c(C)n1. The van der Waals surface area contributed by atoms with Crippen molar-refractivity contribution in [2.45, 2.75) is 26.7 Å². The number of aromatic nitrogens is 1. The molecule has 0 spiro atoms. The minimum absolute atomic E-state index is 0.130. The average Bonchev–Trinajstić information content (AvgIpc) is 2.38. The van der Waals surface area contributed by atoms with E-state index in [9.17, 15) is 10.1 Å². The maximum Gasteiger partial charge on any atom is 0.222 e. The second kappa shape index (κ2) is 5.27. The summed E-state index contributed by atoms with van der Waals surface area (Å²) in [4.78, 5) is 17.7. The van der Waals surface area contributed by atoms with Crippen LogP contribution in [-0.4, -0.2) is 24.0 Å². The van der Waals surface area contributed by atoms with Crippen molar-refractivity contribution in [3.63, 3.8) is 0 Å². The molecule has 19 heavy (non-hydrogen) atoms. The van der Waals surface area contributed by atoms with Gasteiger partial charge in [-0.1, -0.05) is 0 Å². The van der Waals surface area contributed by atoms with Crippen LogP contribution in [0.4, 0.5) is 5.69 Å². The molecule has 2 N–H and O–H groups in total. The number of nitrogens with two attached hydrogens (primary N) is 1. The van der Waals surface area contributed by atoms with Gasteiger partial charge in [0.05, 0.1) is 22.9 Å². The number of hydrogen-bond acceptors (Lipinski definition) is 4. The molecule has 1 aromatic heterocycles. The number of carbonyl (C=O) groups is 1. The Morgan fingerprint density at radius 3 is 2.95 bits per heavy atom. The number of aryl methyl sites for hydroxylation is 2.